The maximum absolute atomic E-state index is 11.7. The highest BCUT2D eigenvalue weighted by molar-refractivity contribution is 6.12. The molecule has 106 valence electrons. The van der Waals surface area contributed by atoms with Gasteiger partial charge in [0.1, 0.15) is 5.69 Å². The topological polar surface area (TPSA) is 98.1 Å². The normalized spacial score (nSPS) is 10.9. The predicted octanol–water partition coefficient (Wildman–Crippen LogP) is 2.80. The highest BCUT2D eigenvalue weighted by atomic mass is 16.6. The van der Waals surface area contributed by atoms with Crippen LogP contribution in [0.3, 0.4) is 0 Å². The lowest BCUT2D eigenvalue weighted by molar-refractivity contribution is -0.383. The fourth-order valence-corrected chi connectivity index (χ4v) is 2.30. The number of carbonyl (C=O) groups is 1. The Balaban J connectivity index is 2.30. The van der Waals surface area contributed by atoms with Crippen LogP contribution in [0.25, 0.3) is 21.8 Å². The maximum atomic E-state index is 11.7. The molecule has 0 unspecified atom stereocenters. The number of nitrogens with one attached hydrogen (secondary N) is 1. The number of pyridine rings is 1. The third-order valence-electron chi connectivity index (χ3n) is 3.17. The van der Waals surface area contributed by atoms with Gasteiger partial charge in [0, 0.05) is 11.5 Å². The van der Waals surface area contributed by atoms with E-state index in [-0.39, 0.29) is 18.0 Å². The standard InChI is InChI=1S/C14H11N3O4/c1-2-21-14(18)10-6-8-11(7-15-10)16-9-4-3-5-12(13(8)9)17(19)20/h3-7,16H,2H2,1H3. The second-order valence-electron chi connectivity index (χ2n) is 4.42. The summed E-state index contributed by atoms with van der Waals surface area (Å²) in [6.07, 6.45) is 1.48. The number of H-pyrrole nitrogens is 1. The van der Waals surface area contributed by atoms with Gasteiger partial charge in [-0.15, -0.1) is 0 Å². The summed E-state index contributed by atoms with van der Waals surface area (Å²) in [6.45, 7) is 1.94. The zero-order chi connectivity index (χ0) is 15.0. The minimum atomic E-state index is -0.549. The summed E-state index contributed by atoms with van der Waals surface area (Å²) in [7, 11) is 0. The summed E-state index contributed by atoms with van der Waals surface area (Å²) in [4.78, 5) is 29.5. The van der Waals surface area contributed by atoms with Gasteiger partial charge in [0.05, 0.1) is 34.1 Å². The van der Waals surface area contributed by atoms with Crippen LogP contribution in [-0.4, -0.2) is 27.5 Å². The van der Waals surface area contributed by atoms with Crippen LogP contribution in [0.2, 0.25) is 0 Å². The molecule has 0 atom stereocenters. The van der Waals surface area contributed by atoms with E-state index in [1.165, 1.54) is 18.3 Å². The minimum absolute atomic E-state index is 0.0141. The van der Waals surface area contributed by atoms with E-state index in [0.717, 1.165) is 0 Å². The number of aromatic nitrogens is 2. The number of hydrogen-bond donors (Lipinski definition) is 1. The number of nitrogens with zero attached hydrogens (tertiary/aromatic N) is 2. The lowest BCUT2D eigenvalue weighted by Gasteiger charge is -2.00. The molecule has 0 saturated carbocycles. The first kappa shape index (κ1) is 13.0. The Labute approximate surface area is 118 Å². The second kappa shape index (κ2) is 4.86. The molecule has 1 aromatic carbocycles. The fourth-order valence-electron chi connectivity index (χ4n) is 2.30. The highest BCUT2D eigenvalue weighted by Crippen LogP contribution is 2.32. The van der Waals surface area contributed by atoms with Crippen LogP contribution in [0.1, 0.15) is 17.4 Å². The Kier molecular flexibility index (Phi) is 3.02. The molecule has 0 aliphatic heterocycles. The third kappa shape index (κ3) is 2.08. The molecule has 0 aliphatic carbocycles. The van der Waals surface area contributed by atoms with Crippen LogP contribution in [-0.2, 0) is 4.74 Å². The van der Waals surface area contributed by atoms with Crippen molar-refractivity contribution in [2.75, 3.05) is 6.61 Å². The smallest absolute Gasteiger partial charge is 0.356 e. The van der Waals surface area contributed by atoms with E-state index < -0.39 is 10.9 Å². The maximum Gasteiger partial charge on any atom is 0.356 e. The van der Waals surface area contributed by atoms with E-state index in [1.807, 2.05) is 0 Å². The van der Waals surface area contributed by atoms with E-state index >= 15 is 0 Å². The Morgan fingerprint density at radius 1 is 1.43 bits per heavy atom. The predicted molar refractivity (Wildman–Crippen MR) is 76.2 cm³/mol. The number of esters is 1. The number of nitro benzene ring substituents is 1. The molecule has 3 rings (SSSR count). The van der Waals surface area contributed by atoms with Gasteiger partial charge in [-0.3, -0.25) is 10.1 Å². The minimum Gasteiger partial charge on any atom is -0.461 e. The van der Waals surface area contributed by atoms with Gasteiger partial charge in [-0.05, 0) is 19.1 Å². The van der Waals surface area contributed by atoms with Gasteiger partial charge < -0.3 is 9.72 Å². The molecule has 0 amide bonds. The van der Waals surface area contributed by atoms with E-state index in [2.05, 4.69) is 9.97 Å². The average molecular weight is 285 g/mol. The lowest BCUT2D eigenvalue weighted by Crippen LogP contribution is -2.06. The number of non-ortho nitro benzene ring substituents is 1. The van der Waals surface area contributed by atoms with Crippen LogP contribution in [0, 0.1) is 10.1 Å². The summed E-state index contributed by atoms with van der Waals surface area (Å²) >= 11 is 0. The number of rotatable bonds is 3. The van der Waals surface area contributed by atoms with E-state index in [0.29, 0.717) is 21.8 Å². The van der Waals surface area contributed by atoms with Gasteiger partial charge in [0.25, 0.3) is 5.69 Å². The van der Waals surface area contributed by atoms with Crippen molar-refractivity contribution in [3.8, 4) is 0 Å². The first-order valence-corrected chi connectivity index (χ1v) is 6.33. The molecule has 2 heterocycles. The molecule has 0 saturated heterocycles. The molecule has 0 bridgehead atoms. The van der Waals surface area contributed by atoms with Crippen molar-refractivity contribution in [1.82, 2.24) is 9.97 Å². The summed E-state index contributed by atoms with van der Waals surface area (Å²) in [5.74, 6) is -0.549. The van der Waals surface area contributed by atoms with Crippen molar-refractivity contribution < 1.29 is 14.5 Å². The highest BCUT2D eigenvalue weighted by Gasteiger charge is 2.18. The summed E-state index contributed by atoms with van der Waals surface area (Å²) in [6, 6.07) is 6.29. The van der Waals surface area contributed by atoms with Crippen molar-refractivity contribution in [3.63, 3.8) is 0 Å². The fraction of sp³-hybridized carbons (Fsp3) is 0.143. The number of hydrogen-bond acceptors (Lipinski definition) is 5. The second-order valence-corrected chi connectivity index (χ2v) is 4.42. The quantitative estimate of drug-likeness (QED) is 0.453. The van der Waals surface area contributed by atoms with Crippen molar-refractivity contribution in [2.45, 2.75) is 6.92 Å². The van der Waals surface area contributed by atoms with E-state index in [9.17, 15) is 14.9 Å². The van der Waals surface area contributed by atoms with Crippen molar-refractivity contribution in [3.05, 3.63) is 46.3 Å². The number of nitro groups is 1. The Bertz CT molecular complexity index is 869. The van der Waals surface area contributed by atoms with Gasteiger partial charge in [-0.25, -0.2) is 9.78 Å². The molecule has 2 aromatic heterocycles. The van der Waals surface area contributed by atoms with Crippen LogP contribution < -0.4 is 0 Å². The van der Waals surface area contributed by atoms with Crippen LogP contribution in [0.5, 0.6) is 0 Å². The molecule has 0 aliphatic rings. The van der Waals surface area contributed by atoms with Gasteiger partial charge in [0.15, 0.2) is 0 Å². The molecule has 7 nitrogen and oxygen atoms in total. The molecule has 0 radical (unpaired) electrons. The van der Waals surface area contributed by atoms with Crippen molar-refractivity contribution >= 4 is 33.5 Å². The van der Waals surface area contributed by atoms with Gasteiger partial charge in [-0.1, -0.05) is 6.07 Å². The lowest BCUT2D eigenvalue weighted by atomic mass is 10.1. The molecule has 21 heavy (non-hydrogen) atoms. The Morgan fingerprint density at radius 3 is 2.95 bits per heavy atom. The molecular formula is C14H11N3O4. The molecule has 1 N–H and O–H groups in total. The largest absolute Gasteiger partial charge is 0.461 e. The molecule has 0 spiro atoms. The Hall–Kier alpha value is -2.96. The molecular weight excluding hydrogens is 274 g/mol. The van der Waals surface area contributed by atoms with E-state index in [4.69, 9.17) is 4.74 Å². The van der Waals surface area contributed by atoms with Crippen molar-refractivity contribution in [2.24, 2.45) is 0 Å². The van der Waals surface area contributed by atoms with Crippen LogP contribution >= 0.6 is 0 Å². The SMILES string of the molecule is CCOC(=O)c1cc2c(cn1)[nH]c1cccc([N+](=O)[O-])c12. The molecule has 0 fully saturated rings. The zero-order valence-electron chi connectivity index (χ0n) is 11.1. The Morgan fingerprint density at radius 2 is 2.24 bits per heavy atom. The first-order valence-electron chi connectivity index (χ1n) is 6.33. The monoisotopic (exact) mass is 285 g/mol. The van der Waals surface area contributed by atoms with Crippen LogP contribution in [0.4, 0.5) is 5.69 Å². The molecule has 3 aromatic rings. The number of ether oxygens (including phenoxy) is 1. The first-order chi connectivity index (χ1) is 10.1. The third-order valence-corrected chi connectivity index (χ3v) is 3.17. The average Bonchev–Trinajstić information content (AvgIpc) is 2.84. The van der Waals surface area contributed by atoms with Crippen LogP contribution in [0.15, 0.2) is 30.5 Å². The number of carbonyl (C=O) groups excluding carboxylic acids is 1. The molecule has 7 heteroatoms. The summed E-state index contributed by atoms with van der Waals surface area (Å²) < 4.78 is 4.90. The summed E-state index contributed by atoms with van der Waals surface area (Å²) in [5.41, 5.74) is 1.37. The van der Waals surface area contributed by atoms with E-state index in [1.54, 1.807) is 19.1 Å². The number of fused-ring (bicyclic) bond motifs is 3. The zero-order valence-corrected chi connectivity index (χ0v) is 11.1. The summed E-state index contributed by atoms with van der Waals surface area (Å²) in [5, 5.41) is 12.2. The van der Waals surface area contributed by atoms with Gasteiger partial charge >= 0.3 is 5.97 Å². The number of benzene rings is 1. The van der Waals surface area contributed by atoms with Gasteiger partial charge in [-0.2, -0.15) is 0 Å². The number of aromatic amines is 1. The van der Waals surface area contributed by atoms with Crippen molar-refractivity contribution in [1.29, 1.82) is 0 Å². The van der Waals surface area contributed by atoms with Gasteiger partial charge in [0.2, 0.25) is 0 Å².